The van der Waals surface area contributed by atoms with Crippen LogP contribution in [0.3, 0.4) is 0 Å². The van der Waals surface area contributed by atoms with Gasteiger partial charge in [-0.2, -0.15) is 0 Å². The van der Waals surface area contributed by atoms with Gasteiger partial charge in [-0.25, -0.2) is 9.78 Å². The molecule has 5 nitrogen and oxygen atoms in total. The van der Waals surface area contributed by atoms with E-state index in [0.717, 1.165) is 31.7 Å². The molecule has 1 aliphatic heterocycles. The van der Waals surface area contributed by atoms with Gasteiger partial charge in [-0.15, -0.1) is 0 Å². The summed E-state index contributed by atoms with van der Waals surface area (Å²) in [4.78, 5) is 17.8. The van der Waals surface area contributed by atoms with E-state index >= 15 is 0 Å². The van der Waals surface area contributed by atoms with Crippen molar-refractivity contribution >= 4 is 11.8 Å². The maximum atomic E-state index is 11.2. The minimum absolute atomic E-state index is 0.198. The molecule has 1 atom stereocenters. The molecule has 20 heavy (non-hydrogen) atoms. The van der Waals surface area contributed by atoms with Crippen LogP contribution in [-0.4, -0.2) is 42.4 Å². The lowest BCUT2D eigenvalue weighted by Gasteiger charge is -2.23. The Bertz CT molecular complexity index is 482. The van der Waals surface area contributed by atoms with Gasteiger partial charge in [0, 0.05) is 25.9 Å². The molecule has 0 aromatic carbocycles. The second-order valence-corrected chi connectivity index (χ2v) is 5.61. The maximum absolute atomic E-state index is 11.2. The summed E-state index contributed by atoms with van der Waals surface area (Å²) >= 11 is 0. The van der Waals surface area contributed by atoms with Crippen LogP contribution in [0.1, 0.15) is 48.7 Å². The number of hydrogen-bond donors (Lipinski definition) is 1. The van der Waals surface area contributed by atoms with Gasteiger partial charge in [-0.05, 0) is 30.9 Å². The van der Waals surface area contributed by atoms with Gasteiger partial charge in [-0.1, -0.05) is 13.8 Å². The van der Waals surface area contributed by atoms with Gasteiger partial charge in [0.25, 0.3) is 0 Å². The van der Waals surface area contributed by atoms with Crippen LogP contribution in [0.15, 0.2) is 12.1 Å². The first-order valence-corrected chi connectivity index (χ1v) is 7.05. The fraction of sp³-hybridized carbons (Fsp3) is 0.600. The van der Waals surface area contributed by atoms with Crippen molar-refractivity contribution < 1.29 is 14.6 Å². The molecule has 0 amide bonds. The van der Waals surface area contributed by atoms with Gasteiger partial charge < -0.3 is 14.7 Å². The number of ether oxygens (including phenoxy) is 1. The number of likely N-dealkylation sites (N-methyl/N-ethyl adjacent to an activating group) is 1. The van der Waals surface area contributed by atoms with Crippen molar-refractivity contribution in [3.63, 3.8) is 0 Å². The minimum atomic E-state index is -0.916. The number of rotatable bonds is 5. The van der Waals surface area contributed by atoms with Crippen molar-refractivity contribution in [2.24, 2.45) is 0 Å². The summed E-state index contributed by atoms with van der Waals surface area (Å²) in [5.74, 6) is -0.0191. The van der Waals surface area contributed by atoms with E-state index in [2.05, 4.69) is 4.98 Å². The lowest BCUT2D eigenvalue weighted by atomic mass is 10.1. The average molecular weight is 278 g/mol. The SMILES string of the molecule is CC(C)c1cc(C(=O)O)cc(N(C)CC2CCCO2)n1. The van der Waals surface area contributed by atoms with Crippen molar-refractivity contribution in [1.29, 1.82) is 0 Å². The monoisotopic (exact) mass is 278 g/mol. The summed E-state index contributed by atoms with van der Waals surface area (Å²) in [5.41, 5.74) is 1.09. The molecule has 1 aliphatic rings. The third-order valence-corrected chi connectivity index (χ3v) is 3.56. The molecule has 1 saturated heterocycles. The van der Waals surface area contributed by atoms with E-state index in [1.54, 1.807) is 12.1 Å². The molecule has 0 aliphatic carbocycles. The van der Waals surface area contributed by atoms with E-state index < -0.39 is 5.97 Å². The normalized spacial score (nSPS) is 18.5. The number of anilines is 1. The van der Waals surface area contributed by atoms with Gasteiger partial charge in [0.05, 0.1) is 11.7 Å². The number of carbonyl (C=O) groups is 1. The molecule has 5 heteroatoms. The standard InChI is InChI=1S/C15H22N2O3/c1-10(2)13-7-11(15(18)19)8-14(16-13)17(3)9-12-5-4-6-20-12/h7-8,10,12H,4-6,9H2,1-3H3,(H,18,19). The zero-order valence-electron chi connectivity index (χ0n) is 12.3. The number of hydrogen-bond acceptors (Lipinski definition) is 4. The summed E-state index contributed by atoms with van der Waals surface area (Å²) in [6.45, 7) is 5.58. The number of pyridine rings is 1. The van der Waals surface area contributed by atoms with Gasteiger partial charge >= 0.3 is 5.97 Å². The summed E-state index contributed by atoms with van der Waals surface area (Å²) in [6.07, 6.45) is 2.37. The van der Waals surface area contributed by atoms with Crippen molar-refractivity contribution in [2.75, 3.05) is 25.1 Å². The molecular formula is C15H22N2O3. The van der Waals surface area contributed by atoms with Crippen LogP contribution in [0.4, 0.5) is 5.82 Å². The smallest absolute Gasteiger partial charge is 0.335 e. The van der Waals surface area contributed by atoms with Crippen molar-refractivity contribution in [2.45, 2.75) is 38.7 Å². The summed E-state index contributed by atoms with van der Waals surface area (Å²) in [5, 5.41) is 9.21. The minimum Gasteiger partial charge on any atom is -0.478 e. The number of nitrogens with zero attached hydrogens (tertiary/aromatic N) is 2. The number of aromatic carboxylic acids is 1. The van der Waals surface area contributed by atoms with Gasteiger partial charge in [0.2, 0.25) is 0 Å². The molecule has 1 aromatic heterocycles. The predicted octanol–water partition coefficient (Wildman–Crippen LogP) is 2.52. The zero-order valence-corrected chi connectivity index (χ0v) is 12.3. The van der Waals surface area contributed by atoms with Crippen LogP contribution in [0, 0.1) is 0 Å². The summed E-state index contributed by atoms with van der Waals surface area (Å²) in [6, 6.07) is 3.28. The lowest BCUT2D eigenvalue weighted by Crippen LogP contribution is -2.29. The lowest BCUT2D eigenvalue weighted by molar-refractivity contribution is 0.0696. The molecule has 2 heterocycles. The molecule has 2 rings (SSSR count). The van der Waals surface area contributed by atoms with Crippen LogP contribution in [0.25, 0.3) is 0 Å². The number of carboxylic acid groups (broad SMARTS) is 1. The van der Waals surface area contributed by atoms with E-state index in [0.29, 0.717) is 5.82 Å². The van der Waals surface area contributed by atoms with Crippen molar-refractivity contribution in [3.05, 3.63) is 23.4 Å². The Balaban J connectivity index is 2.22. The second kappa shape index (κ2) is 6.22. The highest BCUT2D eigenvalue weighted by Crippen LogP contribution is 2.21. The number of carboxylic acids is 1. The largest absolute Gasteiger partial charge is 0.478 e. The van der Waals surface area contributed by atoms with Gasteiger partial charge in [0.1, 0.15) is 5.82 Å². The first-order valence-electron chi connectivity index (χ1n) is 7.05. The first kappa shape index (κ1) is 14.8. The quantitative estimate of drug-likeness (QED) is 0.896. The second-order valence-electron chi connectivity index (χ2n) is 5.61. The van der Waals surface area contributed by atoms with Crippen molar-refractivity contribution in [3.8, 4) is 0 Å². The van der Waals surface area contributed by atoms with Crippen LogP contribution in [0.5, 0.6) is 0 Å². The Kier molecular flexibility index (Phi) is 4.60. The summed E-state index contributed by atoms with van der Waals surface area (Å²) < 4.78 is 5.61. The highest BCUT2D eigenvalue weighted by atomic mass is 16.5. The molecule has 1 unspecified atom stereocenters. The third-order valence-electron chi connectivity index (χ3n) is 3.56. The van der Waals surface area contributed by atoms with Crippen LogP contribution in [-0.2, 0) is 4.74 Å². The third kappa shape index (κ3) is 3.48. The molecule has 1 aromatic rings. The molecule has 1 fully saturated rings. The Hall–Kier alpha value is -1.62. The zero-order chi connectivity index (χ0) is 14.7. The Morgan fingerprint density at radius 3 is 2.85 bits per heavy atom. The summed E-state index contributed by atoms with van der Waals surface area (Å²) in [7, 11) is 1.93. The molecule has 0 spiro atoms. The topological polar surface area (TPSA) is 62.7 Å². The van der Waals surface area contributed by atoms with E-state index in [1.165, 1.54) is 0 Å². The van der Waals surface area contributed by atoms with E-state index in [1.807, 2.05) is 25.8 Å². The molecule has 110 valence electrons. The van der Waals surface area contributed by atoms with Crippen LogP contribution in [0.2, 0.25) is 0 Å². The van der Waals surface area contributed by atoms with E-state index in [9.17, 15) is 9.90 Å². The Morgan fingerprint density at radius 1 is 1.55 bits per heavy atom. The van der Waals surface area contributed by atoms with E-state index in [4.69, 9.17) is 4.74 Å². The molecule has 0 radical (unpaired) electrons. The molecule has 0 bridgehead atoms. The van der Waals surface area contributed by atoms with Crippen molar-refractivity contribution in [1.82, 2.24) is 4.98 Å². The molecule has 1 N–H and O–H groups in total. The first-order chi connectivity index (χ1) is 9.47. The Labute approximate surface area is 119 Å². The molecular weight excluding hydrogens is 256 g/mol. The fourth-order valence-corrected chi connectivity index (χ4v) is 2.34. The number of aromatic nitrogens is 1. The van der Waals surface area contributed by atoms with Gasteiger partial charge in [-0.3, -0.25) is 0 Å². The Morgan fingerprint density at radius 2 is 2.30 bits per heavy atom. The highest BCUT2D eigenvalue weighted by Gasteiger charge is 2.19. The fourth-order valence-electron chi connectivity index (χ4n) is 2.34. The van der Waals surface area contributed by atoms with E-state index in [-0.39, 0.29) is 17.6 Å². The average Bonchev–Trinajstić information content (AvgIpc) is 2.90. The molecule has 0 saturated carbocycles. The highest BCUT2D eigenvalue weighted by molar-refractivity contribution is 5.88. The predicted molar refractivity (Wildman–Crippen MR) is 77.5 cm³/mol. The van der Waals surface area contributed by atoms with Gasteiger partial charge in [0.15, 0.2) is 0 Å². The van der Waals surface area contributed by atoms with Crippen LogP contribution >= 0.6 is 0 Å². The maximum Gasteiger partial charge on any atom is 0.335 e. The van der Waals surface area contributed by atoms with Crippen LogP contribution < -0.4 is 4.90 Å².